The van der Waals surface area contributed by atoms with Crippen molar-refractivity contribution in [3.63, 3.8) is 0 Å². The van der Waals surface area contributed by atoms with Crippen LogP contribution >= 0.6 is 0 Å². The zero-order chi connectivity index (χ0) is 15.6. The number of hydrogen-bond donors (Lipinski definition) is 1. The highest BCUT2D eigenvalue weighted by atomic mass is 16.5. The summed E-state index contributed by atoms with van der Waals surface area (Å²) < 4.78 is 8.33. The Balaban J connectivity index is 2.25. The van der Waals surface area contributed by atoms with Gasteiger partial charge in [0.05, 0.1) is 19.3 Å². The van der Waals surface area contributed by atoms with Crippen LogP contribution in [0, 0.1) is 0 Å². The van der Waals surface area contributed by atoms with E-state index in [0.29, 0.717) is 25.7 Å². The molecule has 1 atom stereocenters. The fraction of sp³-hybridized carbons (Fsp3) is 0.714. The first-order chi connectivity index (χ1) is 9.93. The minimum atomic E-state index is -0.435. The van der Waals surface area contributed by atoms with E-state index in [-0.39, 0.29) is 24.0 Å². The van der Waals surface area contributed by atoms with Crippen molar-refractivity contribution in [1.29, 1.82) is 0 Å². The third-order valence-corrected chi connectivity index (χ3v) is 3.89. The third-order valence-electron chi connectivity index (χ3n) is 3.89. The molecule has 1 saturated heterocycles. The first-order valence-corrected chi connectivity index (χ1v) is 7.39. The molecule has 0 radical (unpaired) electrons. The molecule has 0 aromatic carbocycles. The summed E-state index contributed by atoms with van der Waals surface area (Å²) in [5, 5.41) is 0. The van der Waals surface area contributed by atoms with Crippen LogP contribution in [0.15, 0.2) is 15.8 Å². The lowest BCUT2D eigenvalue weighted by atomic mass is 10.2. The Kier molecular flexibility index (Phi) is 4.84. The Morgan fingerprint density at radius 3 is 2.76 bits per heavy atom. The van der Waals surface area contributed by atoms with Crippen LogP contribution in [0.3, 0.4) is 0 Å². The monoisotopic (exact) mass is 296 g/mol. The normalized spacial score (nSPS) is 20.1. The molecule has 1 aliphatic rings. The van der Waals surface area contributed by atoms with Crippen molar-refractivity contribution in [2.24, 2.45) is 0 Å². The van der Waals surface area contributed by atoms with Gasteiger partial charge in [-0.25, -0.2) is 4.79 Å². The van der Waals surface area contributed by atoms with E-state index < -0.39 is 5.56 Å². The molecule has 1 aromatic rings. The van der Waals surface area contributed by atoms with Crippen LogP contribution in [0.25, 0.3) is 0 Å². The van der Waals surface area contributed by atoms with Crippen LogP contribution in [0.5, 0.6) is 0 Å². The van der Waals surface area contributed by atoms with Crippen molar-refractivity contribution >= 4 is 5.69 Å². The van der Waals surface area contributed by atoms with Gasteiger partial charge in [0.1, 0.15) is 5.69 Å². The van der Waals surface area contributed by atoms with Gasteiger partial charge in [-0.1, -0.05) is 0 Å². The lowest BCUT2D eigenvalue weighted by molar-refractivity contribution is -0.0465. The van der Waals surface area contributed by atoms with Gasteiger partial charge < -0.3 is 10.5 Å². The van der Waals surface area contributed by atoms with E-state index in [1.54, 1.807) is 0 Å². The summed E-state index contributed by atoms with van der Waals surface area (Å²) in [5.74, 6) is 0. The molecular weight excluding hydrogens is 272 g/mol. The Morgan fingerprint density at radius 1 is 1.43 bits per heavy atom. The standard InChI is InChI=1S/C14H24N4O3/c1-4-16-9-12(15)13(19)18(14(16)20)8-11-7-17(10(2)3)5-6-21-11/h9-11H,4-8,15H2,1-3H3. The molecule has 1 aliphatic heterocycles. The van der Waals surface area contributed by atoms with Gasteiger partial charge in [0.15, 0.2) is 0 Å². The molecule has 2 heterocycles. The summed E-state index contributed by atoms with van der Waals surface area (Å²) >= 11 is 0. The van der Waals surface area contributed by atoms with Crippen LogP contribution in [0.1, 0.15) is 20.8 Å². The highest BCUT2D eigenvalue weighted by Crippen LogP contribution is 2.09. The van der Waals surface area contributed by atoms with E-state index in [1.165, 1.54) is 15.3 Å². The topological polar surface area (TPSA) is 82.5 Å². The molecule has 1 fully saturated rings. The number of nitrogens with two attached hydrogens (primary N) is 1. The van der Waals surface area contributed by atoms with E-state index in [9.17, 15) is 9.59 Å². The summed E-state index contributed by atoms with van der Waals surface area (Å²) in [6.07, 6.45) is 1.24. The highest BCUT2D eigenvalue weighted by Gasteiger charge is 2.24. The molecule has 0 amide bonds. The van der Waals surface area contributed by atoms with Crippen molar-refractivity contribution in [1.82, 2.24) is 14.0 Å². The predicted molar refractivity (Wildman–Crippen MR) is 81.5 cm³/mol. The smallest absolute Gasteiger partial charge is 0.331 e. The zero-order valence-corrected chi connectivity index (χ0v) is 12.9. The summed E-state index contributed by atoms with van der Waals surface area (Å²) in [4.78, 5) is 26.6. The van der Waals surface area contributed by atoms with Gasteiger partial charge in [0, 0.05) is 31.9 Å². The summed E-state index contributed by atoms with van der Waals surface area (Å²) in [5.41, 5.74) is 5.03. The number of hydrogen-bond acceptors (Lipinski definition) is 5. The molecule has 2 N–H and O–H groups in total. The molecule has 0 saturated carbocycles. The largest absolute Gasteiger partial charge is 0.393 e. The lowest BCUT2D eigenvalue weighted by Gasteiger charge is -2.35. The minimum absolute atomic E-state index is 0.0907. The molecule has 21 heavy (non-hydrogen) atoms. The fourth-order valence-corrected chi connectivity index (χ4v) is 2.59. The number of aryl methyl sites for hydroxylation is 1. The molecule has 0 bridgehead atoms. The first kappa shape index (κ1) is 15.8. The second-order valence-electron chi connectivity index (χ2n) is 5.65. The number of nitrogens with zero attached hydrogens (tertiary/aromatic N) is 3. The first-order valence-electron chi connectivity index (χ1n) is 7.39. The fourth-order valence-electron chi connectivity index (χ4n) is 2.59. The van der Waals surface area contributed by atoms with E-state index in [2.05, 4.69) is 18.7 Å². The predicted octanol–water partition coefficient (Wildman–Crippen LogP) is -0.279. The average Bonchev–Trinajstić information content (AvgIpc) is 2.47. The maximum absolute atomic E-state index is 12.3. The van der Waals surface area contributed by atoms with E-state index in [0.717, 1.165) is 6.54 Å². The Labute approximate surface area is 123 Å². The third kappa shape index (κ3) is 3.36. The van der Waals surface area contributed by atoms with E-state index >= 15 is 0 Å². The quantitative estimate of drug-likeness (QED) is 0.826. The molecule has 7 heteroatoms. The van der Waals surface area contributed by atoms with Crippen LogP contribution < -0.4 is 17.0 Å². The van der Waals surface area contributed by atoms with Crippen LogP contribution in [-0.4, -0.2) is 45.9 Å². The number of anilines is 1. The van der Waals surface area contributed by atoms with Crippen molar-refractivity contribution in [3.05, 3.63) is 27.0 Å². The maximum Gasteiger partial charge on any atom is 0.331 e. The van der Waals surface area contributed by atoms with Gasteiger partial charge in [0.2, 0.25) is 0 Å². The Bertz CT molecular complexity index is 605. The molecular formula is C14H24N4O3. The number of ether oxygens (including phenoxy) is 1. The Morgan fingerprint density at radius 2 is 2.14 bits per heavy atom. The molecule has 7 nitrogen and oxygen atoms in total. The highest BCUT2D eigenvalue weighted by molar-refractivity contribution is 5.30. The SMILES string of the molecule is CCn1cc(N)c(=O)n(CC2CN(C(C)C)CCO2)c1=O. The van der Waals surface area contributed by atoms with Crippen molar-refractivity contribution < 1.29 is 4.74 Å². The average molecular weight is 296 g/mol. The summed E-state index contributed by atoms with van der Waals surface area (Å²) in [6.45, 7) is 9.01. The van der Waals surface area contributed by atoms with Crippen LogP contribution in [0.2, 0.25) is 0 Å². The molecule has 1 aromatic heterocycles. The second-order valence-corrected chi connectivity index (χ2v) is 5.65. The van der Waals surface area contributed by atoms with Gasteiger partial charge in [0.25, 0.3) is 5.56 Å². The summed E-state index contributed by atoms with van der Waals surface area (Å²) in [7, 11) is 0. The van der Waals surface area contributed by atoms with E-state index in [1.807, 2.05) is 6.92 Å². The molecule has 0 spiro atoms. The molecule has 1 unspecified atom stereocenters. The van der Waals surface area contributed by atoms with Gasteiger partial charge in [-0.3, -0.25) is 18.8 Å². The van der Waals surface area contributed by atoms with Gasteiger partial charge in [-0.05, 0) is 20.8 Å². The number of rotatable bonds is 4. The number of aromatic nitrogens is 2. The second kappa shape index (κ2) is 6.44. The van der Waals surface area contributed by atoms with Gasteiger partial charge in [-0.2, -0.15) is 0 Å². The van der Waals surface area contributed by atoms with Crippen molar-refractivity contribution in [2.75, 3.05) is 25.4 Å². The number of nitrogen functional groups attached to an aromatic ring is 1. The van der Waals surface area contributed by atoms with Crippen LogP contribution in [-0.2, 0) is 17.8 Å². The maximum atomic E-state index is 12.3. The lowest BCUT2D eigenvalue weighted by Crippen LogP contribution is -2.50. The molecule has 2 rings (SSSR count). The van der Waals surface area contributed by atoms with E-state index in [4.69, 9.17) is 10.5 Å². The number of morpholine rings is 1. The van der Waals surface area contributed by atoms with Crippen LogP contribution in [0.4, 0.5) is 5.69 Å². The minimum Gasteiger partial charge on any atom is -0.393 e. The van der Waals surface area contributed by atoms with Crippen molar-refractivity contribution in [3.8, 4) is 0 Å². The summed E-state index contributed by atoms with van der Waals surface area (Å²) in [6, 6.07) is 0.418. The Hall–Kier alpha value is -1.60. The molecule has 118 valence electrons. The van der Waals surface area contributed by atoms with Gasteiger partial charge >= 0.3 is 5.69 Å². The molecule has 0 aliphatic carbocycles. The van der Waals surface area contributed by atoms with Gasteiger partial charge in [-0.15, -0.1) is 0 Å². The zero-order valence-electron chi connectivity index (χ0n) is 12.9. The van der Waals surface area contributed by atoms with Crippen molar-refractivity contribution in [2.45, 2.75) is 46.0 Å².